The number of piperidine rings is 1. The van der Waals surface area contributed by atoms with Crippen LogP contribution < -0.4 is 4.90 Å². The second-order valence-electron chi connectivity index (χ2n) is 6.78. The van der Waals surface area contributed by atoms with Crippen molar-refractivity contribution in [1.29, 1.82) is 0 Å². The standard InChI is InChI=1S/C19H24N4O3/c1-3-6-15-7-4-5-11-22(15)16-9-8-14(13-17(16)23(25)26)18(24)19-20-10-12-21(19)2/h8-10,12-13,15H,3-7,11H2,1-2H3/t15-/m0/s1. The lowest BCUT2D eigenvalue weighted by atomic mass is 9.96. The number of rotatable bonds is 6. The molecule has 1 aromatic heterocycles. The highest BCUT2D eigenvalue weighted by Crippen LogP contribution is 2.35. The van der Waals surface area contributed by atoms with Gasteiger partial charge in [0.1, 0.15) is 5.69 Å². The van der Waals surface area contributed by atoms with E-state index in [0.29, 0.717) is 17.3 Å². The molecule has 1 saturated heterocycles. The Hall–Kier alpha value is -2.70. The van der Waals surface area contributed by atoms with E-state index in [9.17, 15) is 14.9 Å². The molecule has 1 aliphatic rings. The number of hydrogen-bond donors (Lipinski definition) is 0. The van der Waals surface area contributed by atoms with E-state index in [4.69, 9.17) is 0 Å². The van der Waals surface area contributed by atoms with E-state index < -0.39 is 0 Å². The van der Waals surface area contributed by atoms with Crippen LogP contribution in [-0.2, 0) is 7.05 Å². The number of imidazole rings is 1. The van der Waals surface area contributed by atoms with Crippen LogP contribution in [-0.4, -0.2) is 32.8 Å². The summed E-state index contributed by atoms with van der Waals surface area (Å²) >= 11 is 0. The van der Waals surface area contributed by atoms with E-state index in [0.717, 1.165) is 38.6 Å². The first-order valence-corrected chi connectivity index (χ1v) is 9.10. The summed E-state index contributed by atoms with van der Waals surface area (Å²) in [5.74, 6) is -0.0372. The summed E-state index contributed by atoms with van der Waals surface area (Å²) in [4.78, 5) is 30.2. The Morgan fingerprint density at radius 1 is 1.38 bits per heavy atom. The van der Waals surface area contributed by atoms with E-state index in [2.05, 4.69) is 16.8 Å². The highest BCUT2D eigenvalue weighted by molar-refractivity contribution is 6.07. The number of aromatic nitrogens is 2. The van der Waals surface area contributed by atoms with Gasteiger partial charge in [-0.1, -0.05) is 13.3 Å². The van der Waals surface area contributed by atoms with Crippen LogP contribution in [0.2, 0.25) is 0 Å². The number of carbonyl (C=O) groups is 1. The lowest BCUT2D eigenvalue weighted by molar-refractivity contribution is -0.384. The monoisotopic (exact) mass is 356 g/mol. The van der Waals surface area contributed by atoms with Crippen LogP contribution in [0.3, 0.4) is 0 Å². The zero-order chi connectivity index (χ0) is 18.7. The summed E-state index contributed by atoms with van der Waals surface area (Å²) in [6.45, 7) is 2.95. The largest absolute Gasteiger partial charge is 0.363 e. The number of aryl methyl sites for hydroxylation is 1. The zero-order valence-corrected chi connectivity index (χ0v) is 15.2. The van der Waals surface area contributed by atoms with Gasteiger partial charge in [0.25, 0.3) is 5.69 Å². The summed E-state index contributed by atoms with van der Waals surface area (Å²) in [6, 6.07) is 5.12. The Labute approximate surface area is 152 Å². The smallest absolute Gasteiger partial charge is 0.293 e. The molecule has 138 valence electrons. The molecule has 26 heavy (non-hydrogen) atoms. The summed E-state index contributed by atoms with van der Waals surface area (Å²) in [6.07, 6.45) is 8.53. The minimum absolute atomic E-state index is 0.00642. The van der Waals surface area contributed by atoms with Gasteiger partial charge >= 0.3 is 0 Å². The summed E-state index contributed by atoms with van der Waals surface area (Å²) in [5.41, 5.74) is 0.899. The second kappa shape index (κ2) is 7.68. The van der Waals surface area contributed by atoms with Crippen LogP contribution >= 0.6 is 0 Å². The third-order valence-corrected chi connectivity index (χ3v) is 5.02. The molecule has 0 unspecified atom stereocenters. The number of nitrogens with zero attached hydrogens (tertiary/aromatic N) is 4. The van der Waals surface area contributed by atoms with Crippen molar-refractivity contribution in [2.45, 2.75) is 45.1 Å². The van der Waals surface area contributed by atoms with Crippen molar-refractivity contribution >= 4 is 17.2 Å². The van der Waals surface area contributed by atoms with Crippen LogP contribution in [0.1, 0.15) is 55.2 Å². The Bertz CT molecular complexity index is 813. The highest BCUT2D eigenvalue weighted by Gasteiger charge is 2.29. The third-order valence-electron chi connectivity index (χ3n) is 5.02. The number of nitro groups is 1. The van der Waals surface area contributed by atoms with Crippen molar-refractivity contribution in [2.75, 3.05) is 11.4 Å². The molecular weight excluding hydrogens is 332 g/mol. The number of ketones is 1. The van der Waals surface area contributed by atoms with Crippen LogP contribution in [0.4, 0.5) is 11.4 Å². The predicted octanol–water partition coefficient (Wildman–Crippen LogP) is 3.72. The minimum Gasteiger partial charge on any atom is -0.363 e. The topological polar surface area (TPSA) is 81.3 Å². The first-order valence-electron chi connectivity index (χ1n) is 9.10. The molecule has 1 aromatic carbocycles. The number of benzene rings is 1. The lowest BCUT2D eigenvalue weighted by Crippen LogP contribution is -2.39. The fourth-order valence-corrected chi connectivity index (χ4v) is 3.72. The maximum atomic E-state index is 12.6. The fourth-order valence-electron chi connectivity index (χ4n) is 3.72. The van der Waals surface area contributed by atoms with E-state index in [1.165, 1.54) is 6.07 Å². The predicted molar refractivity (Wildman–Crippen MR) is 99.6 cm³/mol. The Kier molecular flexibility index (Phi) is 5.35. The highest BCUT2D eigenvalue weighted by atomic mass is 16.6. The summed E-state index contributed by atoms with van der Waals surface area (Å²) < 4.78 is 1.62. The SMILES string of the molecule is CCC[C@H]1CCCCN1c1ccc(C(=O)c2nccn2C)cc1[N+](=O)[O-]. The molecule has 2 aromatic rings. The van der Waals surface area contributed by atoms with Crippen LogP contribution in [0.25, 0.3) is 0 Å². The molecular formula is C19H24N4O3. The molecule has 1 aliphatic heterocycles. The van der Waals surface area contributed by atoms with Gasteiger partial charge in [0.2, 0.25) is 5.78 Å². The maximum Gasteiger partial charge on any atom is 0.293 e. The van der Waals surface area contributed by atoms with Crippen molar-refractivity contribution in [3.05, 3.63) is 52.1 Å². The van der Waals surface area contributed by atoms with E-state index >= 15 is 0 Å². The quantitative estimate of drug-likeness (QED) is 0.448. The molecule has 0 spiro atoms. The van der Waals surface area contributed by atoms with E-state index in [-0.39, 0.29) is 22.2 Å². The van der Waals surface area contributed by atoms with Gasteiger partial charge < -0.3 is 9.47 Å². The summed E-state index contributed by atoms with van der Waals surface area (Å²) in [5, 5.41) is 11.7. The van der Waals surface area contributed by atoms with Gasteiger partial charge in [-0.3, -0.25) is 14.9 Å². The molecule has 0 amide bonds. The van der Waals surface area contributed by atoms with E-state index in [1.54, 1.807) is 36.1 Å². The zero-order valence-electron chi connectivity index (χ0n) is 15.2. The van der Waals surface area contributed by atoms with Crippen LogP contribution in [0, 0.1) is 10.1 Å². The number of carbonyl (C=O) groups excluding carboxylic acids is 1. The number of hydrogen-bond acceptors (Lipinski definition) is 5. The molecule has 0 bridgehead atoms. The first kappa shape index (κ1) is 18.1. The van der Waals surface area contributed by atoms with Crippen molar-refractivity contribution in [3.8, 4) is 0 Å². The number of anilines is 1. The molecule has 2 heterocycles. The normalized spacial score (nSPS) is 17.3. The fraction of sp³-hybridized carbons (Fsp3) is 0.474. The van der Waals surface area contributed by atoms with Gasteiger partial charge in [-0.05, 0) is 37.8 Å². The van der Waals surface area contributed by atoms with Gasteiger partial charge in [-0.15, -0.1) is 0 Å². The van der Waals surface area contributed by atoms with Crippen molar-refractivity contribution in [3.63, 3.8) is 0 Å². The molecule has 0 N–H and O–H groups in total. The third kappa shape index (κ3) is 3.47. The maximum absolute atomic E-state index is 12.6. The van der Waals surface area contributed by atoms with Crippen molar-refractivity contribution in [2.24, 2.45) is 7.05 Å². The molecule has 7 nitrogen and oxygen atoms in total. The van der Waals surface area contributed by atoms with Gasteiger partial charge in [0.15, 0.2) is 5.82 Å². The van der Waals surface area contributed by atoms with Gasteiger partial charge in [0.05, 0.1) is 4.92 Å². The van der Waals surface area contributed by atoms with Gasteiger partial charge in [-0.2, -0.15) is 0 Å². The Morgan fingerprint density at radius 3 is 2.85 bits per heavy atom. The lowest BCUT2D eigenvalue weighted by Gasteiger charge is -2.37. The molecule has 3 rings (SSSR count). The average Bonchev–Trinajstić information content (AvgIpc) is 3.07. The average molecular weight is 356 g/mol. The Balaban J connectivity index is 1.98. The van der Waals surface area contributed by atoms with Crippen molar-refractivity contribution in [1.82, 2.24) is 9.55 Å². The van der Waals surface area contributed by atoms with Gasteiger partial charge in [-0.25, -0.2) is 4.98 Å². The molecule has 0 radical (unpaired) electrons. The second-order valence-corrected chi connectivity index (χ2v) is 6.78. The molecule has 0 saturated carbocycles. The molecule has 1 atom stereocenters. The van der Waals surface area contributed by atoms with Crippen LogP contribution in [0.5, 0.6) is 0 Å². The van der Waals surface area contributed by atoms with Crippen LogP contribution in [0.15, 0.2) is 30.6 Å². The minimum atomic E-state index is -0.387. The van der Waals surface area contributed by atoms with E-state index in [1.807, 2.05) is 0 Å². The molecule has 7 heteroatoms. The van der Waals surface area contributed by atoms with Crippen molar-refractivity contribution < 1.29 is 9.72 Å². The molecule has 1 fully saturated rings. The van der Waals surface area contributed by atoms with Gasteiger partial charge in [0, 0.05) is 43.7 Å². The molecule has 0 aliphatic carbocycles. The Morgan fingerprint density at radius 2 is 2.19 bits per heavy atom. The number of nitro benzene ring substituents is 1. The first-order chi connectivity index (χ1) is 12.5. The summed E-state index contributed by atoms with van der Waals surface area (Å²) in [7, 11) is 1.73.